The lowest BCUT2D eigenvalue weighted by atomic mass is 9.98. The van der Waals surface area contributed by atoms with E-state index in [1.165, 1.54) is 26.6 Å². The van der Waals surface area contributed by atoms with Gasteiger partial charge in [-0.15, -0.1) is 0 Å². The number of hydrogen-bond acceptors (Lipinski definition) is 6. The molecule has 4 aromatic rings. The molecule has 1 amide bonds. The number of pyridine rings is 1. The zero-order valence-electron chi connectivity index (χ0n) is 19.6. The Morgan fingerprint density at radius 1 is 0.861 bits per heavy atom. The third kappa shape index (κ3) is 4.36. The van der Waals surface area contributed by atoms with Gasteiger partial charge in [0, 0.05) is 17.3 Å². The molecule has 180 valence electrons. The van der Waals surface area contributed by atoms with Gasteiger partial charge in [-0.05, 0) is 59.2 Å². The lowest BCUT2D eigenvalue weighted by Crippen LogP contribution is -2.11. The van der Waals surface area contributed by atoms with Gasteiger partial charge in [-0.2, -0.15) is 0 Å². The minimum absolute atomic E-state index is 0.109. The van der Waals surface area contributed by atoms with Crippen molar-refractivity contribution in [3.63, 3.8) is 0 Å². The number of amides is 1. The number of nitrogens with zero attached hydrogens (tertiary/aromatic N) is 1. The van der Waals surface area contributed by atoms with Crippen molar-refractivity contribution in [2.45, 2.75) is 6.42 Å². The molecule has 8 heteroatoms. The van der Waals surface area contributed by atoms with Crippen molar-refractivity contribution < 1.29 is 23.5 Å². The number of esters is 1. The van der Waals surface area contributed by atoms with Crippen LogP contribution < -0.4 is 15.4 Å². The summed E-state index contributed by atoms with van der Waals surface area (Å²) in [5, 5.41) is 6.23. The van der Waals surface area contributed by atoms with E-state index in [9.17, 15) is 14.0 Å². The van der Waals surface area contributed by atoms with Crippen molar-refractivity contribution in [2.75, 3.05) is 24.9 Å². The Kier molecular flexibility index (Phi) is 6.08. The predicted octanol–water partition coefficient (Wildman–Crippen LogP) is 5.59. The maximum atomic E-state index is 14.3. The predicted molar refractivity (Wildman–Crippen MR) is 135 cm³/mol. The van der Waals surface area contributed by atoms with E-state index in [1.54, 1.807) is 24.3 Å². The van der Waals surface area contributed by atoms with Gasteiger partial charge in [-0.1, -0.05) is 18.2 Å². The Bertz CT molecular complexity index is 1500. The quantitative estimate of drug-likeness (QED) is 0.360. The van der Waals surface area contributed by atoms with Gasteiger partial charge in [0.25, 0.3) is 5.91 Å². The van der Waals surface area contributed by atoms with Crippen LogP contribution in [0.3, 0.4) is 0 Å². The van der Waals surface area contributed by atoms with Crippen molar-refractivity contribution in [2.24, 2.45) is 0 Å². The molecule has 0 unspecified atom stereocenters. The fourth-order valence-electron chi connectivity index (χ4n) is 4.20. The van der Waals surface area contributed by atoms with Crippen LogP contribution in [0.4, 0.5) is 21.5 Å². The van der Waals surface area contributed by atoms with E-state index >= 15 is 0 Å². The van der Waals surface area contributed by atoms with Gasteiger partial charge < -0.3 is 20.1 Å². The summed E-state index contributed by atoms with van der Waals surface area (Å²) in [5.41, 5.74) is 5.82. The summed E-state index contributed by atoms with van der Waals surface area (Å²) in [5.74, 6) is -0.540. The summed E-state index contributed by atoms with van der Waals surface area (Å²) < 4.78 is 24.6. The van der Waals surface area contributed by atoms with Crippen LogP contribution in [0.2, 0.25) is 0 Å². The highest BCUT2D eigenvalue weighted by Crippen LogP contribution is 2.38. The highest BCUT2D eigenvalue weighted by atomic mass is 19.1. The number of hydrogen-bond donors (Lipinski definition) is 2. The Hall–Kier alpha value is -4.72. The molecule has 1 aliphatic heterocycles. The van der Waals surface area contributed by atoms with Gasteiger partial charge >= 0.3 is 5.97 Å². The molecular formula is C28H22FN3O4. The Morgan fingerprint density at radius 3 is 2.39 bits per heavy atom. The molecular weight excluding hydrogens is 461 g/mol. The summed E-state index contributed by atoms with van der Waals surface area (Å²) in [7, 11) is 2.87. The zero-order chi connectivity index (χ0) is 25.2. The first-order valence-corrected chi connectivity index (χ1v) is 11.2. The number of halogens is 1. The Labute approximate surface area is 206 Å². The van der Waals surface area contributed by atoms with Gasteiger partial charge in [-0.3, -0.25) is 14.6 Å². The first-order valence-electron chi connectivity index (χ1n) is 11.2. The third-order valence-corrected chi connectivity index (χ3v) is 6.04. The lowest BCUT2D eigenvalue weighted by molar-refractivity contribution is -0.139. The molecule has 1 aromatic heterocycles. The van der Waals surface area contributed by atoms with Crippen LogP contribution in [0.15, 0.2) is 73.1 Å². The highest BCUT2D eigenvalue weighted by Gasteiger charge is 2.21. The van der Waals surface area contributed by atoms with Crippen LogP contribution in [0.1, 0.15) is 15.9 Å². The number of nitrogens with one attached hydrogen (secondary N) is 2. The van der Waals surface area contributed by atoms with Gasteiger partial charge in [-0.25, -0.2) is 4.39 Å². The number of anilines is 3. The molecule has 1 aliphatic rings. The minimum atomic E-state index is -0.433. The summed E-state index contributed by atoms with van der Waals surface area (Å²) in [4.78, 5) is 28.4. The standard InChI is InChI=1S/C28H22FN3O4/c1-35-26-14-18(4-6-20(26)19-9-10-30-15-22(19)29)17-5-7-21-24(13-17)31-23-8-3-16(12-27(33)36-2)11-25(23)32-28(21)34/h3-11,13-15,31H,12H2,1-2H3,(H,32,34). The largest absolute Gasteiger partial charge is 0.496 e. The highest BCUT2D eigenvalue weighted by molar-refractivity contribution is 6.12. The second kappa shape index (κ2) is 9.50. The molecule has 0 saturated carbocycles. The van der Waals surface area contributed by atoms with Crippen molar-refractivity contribution in [3.8, 4) is 28.0 Å². The van der Waals surface area contributed by atoms with E-state index < -0.39 is 5.82 Å². The molecule has 0 bridgehead atoms. The summed E-state index contributed by atoms with van der Waals surface area (Å²) in [6.07, 6.45) is 2.81. The van der Waals surface area contributed by atoms with Gasteiger partial charge in [0.15, 0.2) is 0 Å². The summed E-state index contributed by atoms with van der Waals surface area (Å²) >= 11 is 0. The van der Waals surface area contributed by atoms with E-state index in [2.05, 4.69) is 15.6 Å². The molecule has 0 aliphatic carbocycles. The number of benzene rings is 3. The van der Waals surface area contributed by atoms with Gasteiger partial charge in [0.2, 0.25) is 0 Å². The molecule has 0 atom stereocenters. The van der Waals surface area contributed by atoms with Crippen LogP contribution in [0.25, 0.3) is 22.3 Å². The number of methoxy groups -OCH3 is 2. The molecule has 36 heavy (non-hydrogen) atoms. The van der Waals surface area contributed by atoms with Crippen LogP contribution in [0.5, 0.6) is 5.75 Å². The molecule has 3 aromatic carbocycles. The van der Waals surface area contributed by atoms with E-state index in [0.29, 0.717) is 39.5 Å². The first kappa shape index (κ1) is 23.0. The average molecular weight is 483 g/mol. The molecule has 0 fully saturated rings. The van der Waals surface area contributed by atoms with Crippen LogP contribution in [-0.4, -0.2) is 31.1 Å². The number of aromatic nitrogens is 1. The van der Waals surface area contributed by atoms with Gasteiger partial charge in [0.1, 0.15) is 11.6 Å². The molecule has 5 rings (SSSR count). The van der Waals surface area contributed by atoms with E-state index in [1.807, 2.05) is 36.4 Å². The van der Waals surface area contributed by atoms with E-state index in [0.717, 1.165) is 16.7 Å². The second-order valence-corrected chi connectivity index (χ2v) is 8.24. The number of carbonyl (C=O) groups excluding carboxylic acids is 2. The van der Waals surface area contributed by atoms with E-state index in [-0.39, 0.29) is 18.3 Å². The maximum absolute atomic E-state index is 14.3. The minimum Gasteiger partial charge on any atom is -0.496 e. The van der Waals surface area contributed by atoms with E-state index in [4.69, 9.17) is 9.47 Å². The topological polar surface area (TPSA) is 89.5 Å². The lowest BCUT2D eigenvalue weighted by Gasteiger charge is -2.14. The molecule has 2 N–H and O–H groups in total. The number of fused-ring (bicyclic) bond motifs is 2. The van der Waals surface area contributed by atoms with Crippen LogP contribution >= 0.6 is 0 Å². The van der Waals surface area contributed by atoms with Crippen molar-refractivity contribution >= 4 is 28.9 Å². The average Bonchev–Trinajstić information content (AvgIpc) is 3.03. The smallest absolute Gasteiger partial charge is 0.309 e. The maximum Gasteiger partial charge on any atom is 0.309 e. The monoisotopic (exact) mass is 483 g/mol. The van der Waals surface area contributed by atoms with Crippen molar-refractivity contribution in [3.05, 3.63) is 90.0 Å². The summed E-state index contributed by atoms with van der Waals surface area (Å²) in [6, 6.07) is 18.0. The molecule has 7 nitrogen and oxygen atoms in total. The molecule has 0 spiro atoms. The Balaban J connectivity index is 1.50. The van der Waals surface area contributed by atoms with Crippen LogP contribution in [0, 0.1) is 5.82 Å². The number of rotatable bonds is 5. The fraction of sp³-hybridized carbons (Fsp3) is 0.107. The Morgan fingerprint density at radius 2 is 1.64 bits per heavy atom. The van der Waals surface area contributed by atoms with Crippen molar-refractivity contribution in [1.29, 1.82) is 0 Å². The van der Waals surface area contributed by atoms with Crippen LogP contribution in [-0.2, 0) is 16.0 Å². The summed E-state index contributed by atoms with van der Waals surface area (Å²) in [6.45, 7) is 0. The molecule has 2 heterocycles. The zero-order valence-corrected chi connectivity index (χ0v) is 19.6. The number of ether oxygens (including phenoxy) is 2. The second-order valence-electron chi connectivity index (χ2n) is 8.24. The number of carbonyl (C=O) groups is 2. The molecule has 0 radical (unpaired) electrons. The first-order chi connectivity index (χ1) is 17.5. The SMILES string of the molecule is COC(=O)Cc1ccc2c(c1)NC(=O)c1ccc(-c3ccc(-c4ccncc4F)c(OC)c3)cc1N2. The molecule has 0 saturated heterocycles. The fourth-order valence-corrected chi connectivity index (χ4v) is 4.20. The normalized spacial score (nSPS) is 11.9. The van der Waals surface area contributed by atoms with Crippen molar-refractivity contribution in [1.82, 2.24) is 4.98 Å². The third-order valence-electron chi connectivity index (χ3n) is 6.04. The van der Waals surface area contributed by atoms with Gasteiger partial charge in [0.05, 0.1) is 49.5 Å².